The highest BCUT2D eigenvalue weighted by molar-refractivity contribution is 5.88. The molecule has 0 amide bonds. The minimum Gasteiger partial charge on any atom is -0.497 e. The lowest BCUT2D eigenvalue weighted by atomic mass is 10.1. The molecule has 0 atom stereocenters. The van der Waals surface area contributed by atoms with E-state index < -0.39 is 12.7 Å². The average molecular weight is 1990 g/mol. The number of fused-ring (bicyclic) bond motifs is 5. The molecule has 0 saturated carbocycles. The van der Waals surface area contributed by atoms with Crippen molar-refractivity contribution >= 4 is 95.5 Å². The zero-order valence-electron chi connectivity index (χ0n) is 84.1. The zero-order chi connectivity index (χ0) is 103. The van der Waals surface area contributed by atoms with Gasteiger partial charge in [-0.2, -0.15) is 33.6 Å². The van der Waals surface area contributed by atoms with Crippen LogP contribution in [0.4, 0.5) is 64.5 Å². The fourth-order valence-corrected chi connectivity index (χ4v) is 16.1. The molecular formula is C109H110F3N25O10. The van der Waals surface area contributed by atoms with E-state index in [4.69, 9.17) is 73.0 Å². The molecule has 147 heavy (non-hydrogen) atoms. The number of rotatable bonds is 31. The summed E-state index contributed by atoms with van der Waals surface area (Å²) in [6, 6.07) is 54.0. The molecule has 0 aliphatic carbocycles. The first-order valence-corrected chi connectivity index (χ1v) is 46.8. The largest absolute Gasteiger partial charge is 0.497 e. The first-order chi connectivity index (χ1) is 71.2. The summed E-state index contributed by atoms with van der Waals surface area (Å²) in [5.74, 6) is 19.5. The molecule has 0 bridgehead atoms. The van der Waals surface area contributed by atoms with E-state index in [0.717, 1.165) is 143 Å². The van der Waals surface area contributed by atoms with E-state index in [2.05, 4.69) is 132 Å². The predicted octanol–water partition coefficient (Wildman–Crippen LogP) is 18.0. The Balaban J connectivity index is 0.000000140. The standard InChI is InChI=1S/C29H27N7O2.C29H26N6O3.C26H29F3N6O2.C25H28N6O3/c1-19-7-8-21(33-29(19)30)6-5-11-36(23-12-24(37-3)15-25(13-23)38-4)22-9-10-26-27(14-22)34-28(17-31-26)20-16-32-35(2)18-20;1-34-19-20(17-31-34)28-18-30-26-11-10-22(15-27(26)33-28)35(23-13-24(36-2)16-25(14-23)37-3)12-6-8-21-7-5-9-29(32-21)38-4;1-5-25-21(14-32-34(25)2)24-15-31-22-7-6-17(12-23(22)33-24)35(9-8-30-16-26(27,28)29)18-10-19(36-3)13-20(11-18)37-4;1-16(2)26-7-8-31(19-10-23(32-4)25-24(11-19)33-15-34-25)18-5-6-20-21(9-18)29-22(13-27-20)17-12-28-30(3)14-17/h7-10,12-18H,11H2,1-4H3,(H2,30,33);5,7,9-11,13-19H,12H2,1-4H3;6-7,10-15,30H,5,8-9,16H2,1-4H3;5-6,9-14,16,26H,7-8,15H2,1-4H3. The number of alkyl halides is 3. The van der Waals surface area contributed by atoms with Gasteiger partial charge in [0, 0.05) is 225 Å². The normalized spacial score (nSPS) is 11.3. The number of aryl methyl sites for hydroxylation is 5. The number of aromatic nitrogens is 18. The SMILES string of the molecule is CCc1c(-c2cnc3ccc(N(CCNCC(F)(F)F)c4cc(OC)cc(OC)c4)cc3n2)cnn1C.COc1cc(N(CCNC(C)C)c2ccc3ncc(-c4cnn(C)c4)nc3c2)cc2c1OCO2.COc1cc(OC)cc(N(CC#Cc2ccc(C)c(N)n2)c2ccc3ncc(-c4cnn(C)c4)nc3c2)c1.COc1cc(OC)cc(N(CC#Cc2cccc(OC)n2)c2ccc3ncc(-c4cnn(C)c4)nc3c2)c1. The van der Waals surface area contributed by atoms with Crippen molar-refractivity contribution in [3.05, 3.63) is 261 Å². The lowest BCUT2D eigenvalue weighted by Crippen LogP contribution is -2.34. The number of nitrogens with two attached hydrogens (primary N) is 1. The molecule has 0 radical (unpaired) electrons. The Morgan fingerprint density at radius 3 is 1.24 bits per heavy atom. The molecule has 11 heterocycles. The van der Waals surface area contributed by atoms with Gasteiger partial charge in [-0.3, -0.25) is 38.7 Å². The molecule has 1 aliphatic rings. The van der Waals surface area contributed by atoms with Crippen molar-refractivity contribution in [1.29, 1.82) is 0 Å². The molecule has 38 heteroatoms. The van der Waals surface area contributed by atoms with Gasteiger partial charge in [0.2, 0.25) is 18.4 Å². The van der Waals surface area contributed by atoms with Crippen LogP contribution in [0, 0.1) is 30.6 Å². The summed E-state index contributed by atoms with van der Waals surface area (Å²) in [6.07, 6.45) is 16.4. The zero-order valence-corrected chi connectivity index (χ0v) is 84.1. The number of benzene rings is 8. The highest BCUT2D eigenvalue weighted by atomic mass is 19.4. The number of hydrogen-bond donors (Lipinski definition) is 3. The number of nitrogens with zero attached hydrogens (tertiary/aromatic N) is 22. The topological polar surface area (TPSA) is 356 Å². The molecule has 4 N–H and O–H groups in total. The Morgan fingerprint density at radius 1 is 0.422 bits per heavy atom. The van der Waals surface area contributed by atoms with Gasteiger partial charge in [0.05, 0.1) is 193 Å². The van der Waals surface area contributed by atoms with Crippen LogP contribution in [0.15, 0.2) is 238 Å². The second-order valence-corrected chi connectivity index (χ2v) is 33.9. The molecule has 0 spiro atoms. The molecule has 1 aliphatic heterocycles. The molecule has 35 nitrogen and oxygen atoms in total. The summed E-state index contributed by atoms with van der Waals surface area (Å²) >= 11 is 0. The summed E-state index contributed by atoms with van der Waals surface area (Å²) in [6.45, 7) is 10.00. The number of halogens is 3. The van der Waals surface area contributed by atoms with Gasteiger partial charge >= 0.3 is 6.18 Å². The van der Waals surface area contributed by atoms with Crippen LogP contribution in [-0.4, -0.2) is 211 Å². The molecule has 19 rings (SSSR count). The first kappa shape index (κ1) is 102. The smallest absolute Gasteiger partial charge is 0.401 e. The number of nitrogen functional groups attached to an aromatic ring is 1. The molecule has 0 fully saturated rings. The van der Waals surface area contributed by atoms with Crippen molar-refractivity contribution in [2.45, 2.75) is 46.3 Å². The van der Waals surface area contributed by atoms with Crippen molar-refractivity contribution in [3.63, 3.8) is 0 Å². The van der Waals surface area contributed by atoms with E-state index in [1.165, 1.54) is 0 Å². The highest BCUT2D eigenvalue weighted by Gasteiger charge is 2.29. The third kappa shape index (κ3) is 25.4. The summed E-state index contributed by atoms with van der Waals surface area (Å²) in [5.41, 5.74) is 28.8. The number of hydrogen-bond acceptors (Lipinski definition) is 31. The van der Waals surface area contributed by atoms with Gasteiger partial charge in [-0.05, 0) is 116 Å². The van der Waals surface area contributed by atoms with Crippen molar-refractivity contribution in [2.24, 2.45) is 28.2 Å². The Hall–Kier alpha value is -17.9. The fraction of sp³-hybridized carbons (Fsp3) is 0.248. The predicted molar refractivity (Wildman–Crippen MR) is 562 cm³/mol. The van der Waals surface area contributed by atoms with Crippen LogP contribution in [0.3, 0.4) is 0 Å². The third-order valence-electron chi connectivity index (χ3n) is 23.6. The first-order valence-electron chi connectivity index (χ1n) is 46.8. The summed E-state index contributed by atoms with van der Waals surface area (Å²) in [5, 5.41) is 23.1. The van der Waals surface area contributed by atoms with Gasteiger partial charge in [0.1, 0.15) is 51.7 Å². The molecule has 18 aromatic rings. The number of anilines is 9. The van der Waals surface area contributed by atoms with Crippen molar-refractivity contribution in [1.82, 2.24) is 99.6 Å². The van der Waals surface area contributed by atoms with E-state index in [0.29, 0.717) is 116 Å². The van der Waals surface area contributed by atoms with E-state index >= 15 is 0 Å². The lowest BCUT2D eigenvalue weighted by molar-refractivity contribution is -0.124. The molecule has 752 valence electrons. The fourth-order valence-electron chi connectivity index (χ4n) is 16.1. The summed E-state index contributed by atoms with van der Waals surface area (Å²) in [4.78, 5) is 54.8. The Kier molecular flexibility index (Phi) is 32.5. The van der Waals surface area contributed by atoms with Gasteiger partial charge in [-0.15, -0.1) is 0 Å². The van der Waals surface area contributed by atoms with Crippen molar-refractivity contribution in [2.75, 3.05) is 135 Å². The average Bonchev–Trinajstić information content (AvgIpc) is 1.29. The second kappa shape index (κ2) is 46.9. The quantitative estimate of drug-likeness (QED) is 0.0268. The summed E-state index contributed by atoms with van der Waals surface area (Å²) in [7, 11) is 20.3. The van der Waals surface area contributed by atoms with Crippen LogP contribution in [0.25, 0.3) is 89.2 Å². The lowest BCUT2D eigenvalue weighted by Gasteiger charge is -2.26. The second-order valence-electron chi connectivity index (χ2n) is 33.9. The van der Waals surface area contributed by atoms with Crippen molar-refractivity contribution < 1.29 is 60.5 Å². The van der Waals surface area contributed by atoms with Gasteiger partial charge in [-0.25, -0.2) is 29.9 Å². The maximum Gasteiger partial charge on any atom is 0.401 e. The number of nitrogens with one attached hydrogen (secondary N) is 2. The van der Waals surface area contributed by atoms with E-state index in [1.54, 1.807) is 133 Å². The monoisotopic (exact) mass is 1990 g/mol. The van der Waals surface area contributed by atoms with Crippen LogP contribution in [0.1, 0.15) is 43.4 Å². The Labute approximate surface area is 847 Å². The maximum absolute atomic E-state index is 12.7. The minimum absolute atomic E-state index is 0.0956. The Morgan fingerprint density at radius 2 is 0.837 bits per heavy atom. The van der Waals surface area contributed by atoms with Crippen LogP contribution < -0.4 is 83.3 Å². The number of ether oxygens (including phenoxy) is 10. The Bertz CT molecular complexity index is 7780. The van der Waals surface area contributed by atoms with E-state index in [1.807, 2.05) is 209 Å². The van der Waals surface area contributed by atoms with Gasteiger partial charge < -0.3 is 83.3 Å². The van der Waals surface area contributed by atoms with Crippen molar-refractivity contribution in [3.8, 4) is 126 Å². The van der Waals surface area contributed by atoms with E-state index in [-0.39, 0.29) is 19.9 Å². The minimum atomic E-state index is -4.29. The summed E-state index contributed by atoms with van der Waals surface area (Å²) < 4.78 is 100. The molecular weight excluding hydrogens is 1880 g/mol. The molecule has 10 aromatic heterocycles. The number of methoxy groups -OCH3 is 8. The molecule has 0 unspecified atom stereocenters. The van der Waals surface area contributed by atoms with Gasteiger partial charge in [0.15, 0.2) is 11.5 Å². The van der Waals surface area contributed by atoms with Crippen LogP contribution in [0.2, 0.25) is 0 Å². The van der Waals surface area contributed by atoms with Gasteiger partial charge in [0.25, 0.3) is 0 Å². The third-order valence-corrected chi connectivity index (χ3v) is 23.6. The molecule has 8 aromatic carbocycles. The van der Waals surface area contributed by atoms with Gasteiger partial charge in [-0.1, -0.05) is 44.7 Å². The maximum atomic E-state index is 12.7. The van der Waals surface area contributed by atoms with Crippen LogP contribution in [-0.2, 0) is 34.6 Å². The highest BCUT2D eigenvalue weighted by Crippen LogP contribution is 2.47. The van der Waals surface area contributed by atoms with Crippen LogP contribution in [0.5, 0.6) is 57.6 Å². The van der Waals surface area contributed by atoms with E-state index in [9.17, 15) is 13.2 Å². The molecule has 0 saturated heterocycles. The van der Waals surface area contributed by atoms with Crippen LogP contribution >= 0.6 is 0 Å². The number of pyridine rings is 2.